The Balaban J connectivity index is 1.58. The van der Waals surface area contributed by atoms with E-state index >= 15 is 0 Å². The Bertz CT molecular complexity index is 508. The van der Waals surface area contributed by atoms with Crippen molar-refractivity contribution in [3.05, 3.63) is 5.53 Å². The zero-order valence-corrected chi connectivity index (χ0v) is 15.1. The first-order chi connectivity index (χ1) is 11.1. The van der Waals surface area contributed by atoms with Gasteiger partial charge in [-0.15, -0.1) is 0 Å². The molecule has 0 aliphatic heterocycles. The number of hydrogen-bond donors (Lipinski definition) is 0. The molecule has 0 aromatic carbocycles. The molecule has 7 atom stereocenters. The molecule has 0 bridgehead atoms. The van der Waals surface area contributed by atoms with Crippen molar-refractivity contribution >= 4 is 6.21 Å². The summed E-state index contributed by atoms with van der Waals surface area (Å²) in [7, 11) is 0. The number of hydrogen-bond acceptors (Lipinski definition) is 0. The predicted octanol–water partition coefficient (Wildman–Crippen LogP) is 5.73. The van der Waals surface area contributed by atoms with E-state index in [0.717, 1.165) is 36.0 Å². The summed E-state index contributed by atoms with van der Waals surface area (Å²) in [5.41, 5.74) is 10.0. The third-order valence-electron chi connectivity index (χ3n) is 9.25. The van der Waals surface area contributed by atoms with Crippen LogP contribution in [0.5, 0.6) is 0 Å². The molecule has 23 heavy (non-hydrogen) atoms. The minimum Gasteiger partial charge on any atom is -0.362 e. The van der Waals surface area contributed by atoms with Crippen molar-refractivity contribution in [3.63, 3.8) is 0 Å². The lowest BCUT2D eigenvalue weighted by Gasteiger charge is -2.60. The highest BCUT2D eigenvalue weighted by atomic mass is 14.8. The lowest BCUT2D eigenvalue weighted by Crippen LogP contribution is -2.52. The predicted molar refractivity (Wildman–Crippen MR) is 94.1 cm³/mol. The van der Waals surface area contributed by atoms with E-state index in [1.54, 1.807) is 6.21 Å². The van der Waals surface area contributed by atoms with Crippen LogP contribution in [0.2, 0.25) is 0 Å². The largest absolute Gasteiger partial charge is 0.362 e. The molecule has 4 aliphatic carbocycles. The molecule has 0 aromatic heterocycles. The summed E-state index contributed by atoms with van der Waals surface area (Å²) < 4.78 is 0. The van der Waals surface area contributed by atoms with Crippen LogP contribution < -0.4 is 0 Å². The van der Waals surface area contributed by atoms with E-state index in [9.17, 15) is 0 Å². The second kappa shape index (κ2) is 5.73. The summed E-state index contributed by atoms with van der Waals surface area (Å²) in [6.45, 7) is 5.24. The van der Waals surface area contributed by atoms with Gasteiger partial charge in [0.15, 0.2) is 0 Å². The zero-order valence-electron chi connectivity index (χ0n) is 15.1. The molecular weight excluding hydrogens is 280 g/mol. The fourth-order valence-corrected chi connectivity index (χ4v) is 7.97. The van der Waals surface area contributed by atoms with Crippen molar-refractivity contribution in [3.8, 4) is 0 Å². The van der Waals surface area contributed by atoms with Gasteiger partial charge >= 0.3 is 0 Å². The van der Waals surface area contributed by atoms with Crippen LogP contribution in [0.1, 0.15) is 84.5 Å². The Labute approximate surface area is 142 Å². The quantitative estimate of drug-likeness (QED) is 0.355. The van der Waals surface area contributed by atoms with Crippen LogP contribution >= 0.6 is 0 Å². The minimum atomic E-state index is 0.514. The summed E-state index contributed by atoms with van der Waals surface area (Å²) >= 11 is 0. The molecule has 4 fully saturated rings. The topological polar surface area (TPSA) is 36.4 Å². The van der Waals surface area contributed by atoms with Crippen molar-refractivity contribution in [2.45, 2.75) is 84.5 Å². The van der Waals surface area contributed by atoms with Crippen LogP contribution in [0.3, 0.4) is 0 Å². The van der Waals surface area contributed by atoms with E-state index in [4.69, 9.17) is 5.53 Å². The van der Waals surface area contributed by atoms with Crippen LogP contribution in [0.15, 0.2) is 0 Å². The lowest BCUT2D eigenvalue weighted by atomic mass is 9.45. The van der Waals surface area contributed by atoms with Crippen LogP contribution in [0.4, 0.5) is 0 Å². The second-order valence-corrected chi connectivity index (χ2v) is 9.76. The van der Waals surface area contributed by atoms with Crippen LogP contribution in [0.25, 0.3) is 5.53 Å². The SMILES string of the molecule is C[C@]12CC[C@H]3[C@@H](CCC4CCCC[C@@]43C)[C@@H]1CC[C@@H]2CC=[N+]=[N-]. The van der Waals surface area contributed by atoms with Gasteiger partial charge in [0, 0.05) is 6.42 Å². The molecule has 0 spiro atoms. The molecule has 2 nitrogen and oxygen atoms in total. The first-order valence-corrected chi connectivity index (χ1v) is 10.3. The highest BCUT2D eigenvalue weighted by Gasteiger charge is 2.59. The van der Waals surface area contributed by atoms with E-state index in [0.29, 0.717) is 10.8 Å². The highest BCUT2D eigenvalue weighted by Crippen LogP contribution is 2.67. The summed E-state index contributed by atoms with van der Waals surface area (Å²) in [4.78, 5) is 3.29. The maximum absolute atomic E-state index is 8.83. The van der Waals surface area contributed by atoms with Crippen LogP contribution in [-0.4, -0.2) is 11.0 Å². The monoisotopic (exact) mass is 314 g/mol. The van der Waals surface area contributed by atoms with Crippen molar-refractivity contribution in [1.29, 1.82) is 0 Å². The summed E-state index contributed by atoms with van der Waals surface area (Å²) in [5.74, 6) is 4.72. The molecular formula is C21H34N2. The molecule has 2 heteroatoms. The number of nitrogens with zero attached hydrogens (tertiary/aromatic N) is 2. The fourth-order valence-electron chi connectivity index (χ4n) is 7.97. The zero-order chi connectivity index (χ0) is 16.1. The molecule has 4 aliphatic rings. The highest BCUT2D eigenvalue weighted by molar-refractivity contribution is 5.51. The third kappa shape index (κ3) is 2.28. The molecule has 4 saturated carbocycles. The van der Waals surface area contributed by atoms with E-state index < -0.39 is 0 Å². The minimum absolute atomic E-state index is 0.514. The van der Waals surface area contributed by atoms with Gasteiger partial charge in [0.2, 0.25) is 0 Å². The van der Waals surface area contributed by atoms with Gasteiger partial charge in [-0.05, 0) is 91.8 Å². The molecule has 0 aromatic rings. The van der Waals surface area contributed by atoms with Gasteiger partial charge in [0.1, 0.15) is 0 Å². The molecule has 1 unspecified atom stereocenters. The first kappa shape index (κ1) is 15.9. The smallest absolute Gasteiger partial charge is 0.257 e. The molecule has 4 rings (SSSR count). The van der Waals surface area contributed by atoms with Gasteiger partial charge < -0.3 is 5.53 Å². The second-order valence-electron chi connectivity index (χ2n) is 9.76. The van der Waals surface area contributed by atoms with E-state index in [1.165, 1.54) is 64.2 Å². The third-order valence-corrected chi connectivity index (χ3v) is 9.25. The Morgan fingerprint density at radius 3 is 2.57 bits per heavy atom. The molecule has 0 heterocycles. The first-order valence-electron chi connectivity index (χ1n) is 10.3. The lowest BCUT2D eigenvalue weighted by molar-refractivity contribution is -0.110. The summed E-state index contributed by atoms with van der Waals surface area (Å²) in [6.07, 6.45) is 17.4. The van der Waals surface area contributed by atoms with Gasteiger partial charge in [-0.3, -0.25) is 0 Å². The van der Waals surface area contributed by atoms with Gasteiger partial charge in [-0.2, -0.15) is 4.79 Å². The maximum atomic E-state index is 8.83. The molecule has 128 valence electrons. The average molecular weight is 315 g/mol. The maximum Gasteiger partial charge on any atom is 0.257 e. The van der Waals surface area contributed by atoms with Gasteiger partial charge in [-0.1, -0.05) is 26.7 Å². The normalized spacial score (nSPS) is 52.0. The Hall–Kier alpha value is -0.620. The van der Waals surface area contributed by atoms with Crippen molar-refractivity contribution in [1.82, 2.24) is 0 Å². The molecule has 0 saturated heterocycles. The van der Waals surface area contributed by atoms with E-state index in [2.05, 4.69) is 18.6 Å². The average Bonchev–Trinajstić information content (AvgIpc) is 2.89. The van der Waals surface area contributed by atoms with Crippen molar-refractivity contribution in [2.24, 2.45) is 40.4 Å². The number of rotatable bonds is 2. The van der Waals surface area contributed by atoms with Crippen molar-refractivity contribution in [2.75, 3.05) is 0 Å². The summed E-state index contributed by atoms with van der Waals surface area (Å²) in [5, 5.41) is 0. The molecule has 0 radical (unpaired) electrons. The van der Waals surface area contributed by atoms with E-state index in [1.807, 2.05) is 0 Å². The van der Waals surface area contributed by atoms with Crippen LogP contribution in [-0.2, 0) is 0 Å². The Kier molecular flexibility index (Phi) is 3.95. The van der Waals surface area contributed by atoms with Crippen molar-refractivity contribution < 1.29 is 4.79 Å². The Morgan fingerprint density at radius 2 is 1.74 bits per heavy atom. The van der Waals surface area contributed by atoms with E-state index in [-0.39, 0.29) is 0 Å². The number of fused-ring (bicyclic) bond motifs is 5. The van der Waals surface area contributed by atoms with Crippen LogP contribution in [0, 0.1) is 40.4 Å². The fraction of sp³-hybridized carbons (Fsp3) is 0.952. The van der Waals surface area contributed by atoms with Gasteiger partial charge in [0.25, 0.3) is 6.21 Å². The molecule has 0 N–H and O–H groups in total. The van der Waals surface area contributed by atoms with Gasteiger partial charge in [-0.25, -0.2) is 0 Å². The standard InChI is InChI=1S/C21H34N2/c1-20-12-4-3-5-15(20)6-8-17-18-9-7-16(11-14-23-22)21(18,2)13-10-19(17)20/h14-19H,3-13H2,1-2H3/t15?,16-,17+,18+,19+,20+,21-/m1/s1. The van der Waals surface area contributed by atoms with Gasteiger partial charge in [0.05, 0.1) is 0 Å². The Morgan fingerprint density at radius 1 is 0.913 bits per heavy atom. The molecule has 0 amide bonds. The summed E-state index contributed by atoms with van der Waals surface area (Å²) in [6, 6.07) is 0.